The van der Waals surface area contributed by atoms with Gasteiger partial charge in [-0.15, -0.1) is 0 Å². The third-order valence-corrected chi connectivity index (χ3v) is 3.93. The summed E-state index contributed by atoms with van der Waals surface area (Å²) in [6.45, 7) is 7.88. The Morgan fingerprint density at radius 1 is 1.33 bits per heavy atom. The predicted molar refractivity (Wildman–Crippen MR) is 62.9 cm³/mol. The zero-order valence-corrected chi connectivity index (χ0v) is 10.2. The van der Waals surface area contributed by atoms with Crippen LogP contribution in [0, 0.1) is 17.8 Å². The maximum atomic E-state index is 5.62. The van der Waals surface area contributed by atoms with Gasteiger partial charge in [0.1, 0.15) is 0 Å². The van der Waals surface area contributed by atoms with Crippen molar-refractivity contribution in [3.63, 3.8) is 0 Å². The van der Waals surface area contributed by atoms with E-state index in [1.54, 1.807) is 0 Å². The lowest BCUT2D eigenvalue weighted by molar-refractivity contribution is 0.0265. The van der Waals surface area contributed by atoms with Crippen LogP contribution in [0.4, 0.5) is 0 Å². The molecule has 0 aliphatic carbocycles. The quantitative estimate of drug-likeness (QED) is 0.774. The minimum Gasteiger partial charge on any atom is -0.381 e. The van der Waals surface area contributed by atoms with Gasteiger partial charge in [0.2, 0.25) is 0 Å². The highest BCUT2D eigenvalue weighted by Crippen LogP contribution is 2.32. The fourth-order valence-corrected chi connectivity index (χ4v) is 3.22. The first-order chi connectivity index (χ1) is 7.27. The molecule has 3 atom stereocenters. The zero-order chi connectivity index (χ0) is 10.7. The molecule has 0 aromatic rings. The van der Waals surface area contributed by atoms with Crippen molar-refractivity contribution < 1.29 is 4.74 Å². The second-order valence-electron chi connectivity index (χ2n) is 5.62. The van der Waals surface area contributed by atoms with E-state index in [0.717, 1.165) is 37.0 Å². The van der Waals surface area contributed by atoms with E-state index in [2.05, 4.69) is 19.2 Å². The van der Waals surface area contributed by atoms with Crippen LogP contribution < -0.4 is 5.32 Å². The maximum Gasteiger partial charge on any atom is 0.0497 e. The van der Waals surface area contributed by atoms with Crippen LogP contribution in [-0.2, 0) is 4.74 Å². The highest BCUT2D eigenvalue weighted by atomic mass is 16.5. The number of nitrogens with one attached hydrogen (secondary N) is 1. The Balaban J connectivity index is 1.88. The summed E-state index contributed by atoms with van der Waals surface area (Å²) in [4.78, 5) is 0. The lowest BCUT2D eigenvalue weighted by Crippen LogP contribution is -2.35. The Morgan fingerprint density at radius 2 is 2.20 bits per heavy atom. The number of ether oxygens (including phenoxy) is 1. The summed E-state index contributed by atoms with van der Waals surface area (Å²) in [5, 5.41) is 3.68. The number of hydrogen-bond donors (Lipinski definition) is 1. The third kappa shape index (κ3) is 2.94. The Kier molecular flexibility index (Phi) is 4.04. The molecule has 1 N–H and O–H groups in total. The Bertz CT molecular complexity index is 187. The Morgan fingerprint density at radius 3 is 2.87 bits per heavy atom. The maximum absolute atomic E-state index is 5.62. The molecule has 2 rings (SSSR count). The molecule has 2 fully saturated rings. The fourth-order valence-electron chi connectivity index (χ4n) is 3.22. The minimum atomic E-state index is 0.761. The Labute approximate surface area is 93.8 Å². The summed E-state index contributed by atoms with van der Waals surface area (Å²) in [5.74, 6) is 2.53. The summed E-state index contributed by atoms with van der Waals surface area (Å²) >= 11 is 0. The minimum absolute atomic E-state index is 0.761. The molecule has 0 aromatic heterocycles. The molecule has 15 heavy (non-hydrogen) atoms. The average Bonchev–Trinajstić information content (AvgIpc) is 2.66. The molecule has 2 heteroatoms. The number of hydrogen-bond acceptors (Lipinski definition) is 2. The summed E-state index contributed by atoms with van der Waals surface area (Å²) in [6.07, 6.45) is 5.36. The molecule has 2 nitrogen and oxygen atoms in total. The first-order valence-corrected chi connectivity index (χ1v) is 6.58. The lowest BCUT2D eigenvalue weighted by Gasteiger charge is -2.32. The van der Waals surface area contributed by atoms with E-state index in [4.69, 9.17) is 4.74 Å². The monoisotopic (exact) mass is 211 g/mol. The van der Waals surface area contributed by atoms with E-state index in [-0.39, 0.29) is 0 Å². The molecule has 2 aliphatic heterocycles. The van der Waals surface area contributed by atoms with Crippen molar-refractivity contribution >= 4 is 0 Å². The van der Waals surface area contributed by atoms with Crippen LogP contribution in [0.1, 0.15) is 39.5 Å². The zero-order valence-electron chi connectivity index (χ0n) is 10.2. The molecule has 2 heterocycles. The highest BCUT2D eigenvalue weighted by Gasteiger charge is 2.34. The van der Waals surface area contributed by atoms with Crippen LogP contribution in [-0.4, -0.2) is 25.8 Å². The lowest BCUT2D eigenvalue weighted by atomic mass is 9.80. The van der Waals surface area contributed by atoms with Gasteiger partial charge >= 0.3 is 0 Å². The average molecular weight is 211 g/mol. The molecule has 0 radical (unpaired) electrons. The molecule has 0 amide bonds. The fraction of sp³-hybridized carbons (Fsp3) is 1.00. The van der Waals surface area contributed by atoms with Gasteiger partial charge in [0, 0.05) is 19.3 Å². The largest absolute Gasteiger partial charge is 0.381 e. The van der Waals surface area contributed by atoms with Gasteiger partial charge in [-0.2, -0.15) is 0 Å². The standard InChI is InChI=1S/C13H25NO/c1-10(2)8-13-12(5-6-14-13)11-4-3-7-15-9-11/h10-14H,3-9H2,1-2H3. The molecule has 0 bridgehead atoms. The molecule has 0 spiro atoms. The van der Waals surface area contributed by atoms with Gasteiger partial charge in [-0.1, -0.05) is 13.8 Å². The van der Waals surface area contributed by atoms with Gasteiger partial charge in [-0.3, -0.25) is 0 Å². The molecular formula is C13H25NO. The molecule has 0 aromatic carbocycles. The molecule has 0 saturated carbocycles. The molecule has 2 aliphatic rings. The van der Waals surface area contributed by atoms with Gasteiger partial charge < -0.3 is 10.1 Å². The molecule has 88 valence electrons. The first-order valence-electron chi connectivity index (χ1n) is 6.58. The second kappa shape index (κ2) is 5.31. The van der Waals surface area contributed by atoms with Crippen molar-refractivity contribution in [3.05, 3.63) is 0 Å². The summed E-state index contributed by atoms with van der Waals surface area (Å²) in [6, 6.07) is 0.761. The predicted octanol–water partition coefficient (Wildman–Crippen LogP) is 2.44. The van der Waals surface area contributed by atoms with Crippen LogP contribution in [0.15, 0.2) is 0 Å². The molecular weight excluding hydrogens is 186 g/mol. The van der Waals surface area contributed by atoms with E-state index in [9.17, 15) is 0 Å². The van der Waals surface area contributed by atoms with Gasteiger partial charge in [-0.05, 0) is 50.0 Å². The van der Waals surface area contributed by atoms with Crippen LogP contribution >= 0.6 is 0 Å². The van der Waals surface area contributed by atoms with Gasteiger partial charge in [0.25, 0.3) is 0 Å². The first kappa shape index (κ1) is 11.4. The van der Waals surface area contributed by atoms with E-state index < -0.39 is 0 Å². The van der Waals surface area contributed by atoms with Crippen LogP contribution in [0.2, 0.25) is 0 Å². The van der Waals surface area contributed by atoms with Crippen LogP contribution in [0.5, 0.6) is 0 Å². The van der Waals surface area contributed by atoms with Crippen molar-refractivity contribution in [2.45, 2.75) is 45.6 Å². The second-order valence-corrected chi connectivity index (χ2v) is 5.62. The van der Waals surface area contributed by atoms with Crippen LogP contribution in [0.25, 0.3) is 0 Å². The van der Waals surface area contributed by atoms with Crippen molar-refractivity contribution in [3.8, 4) is 0 Å². The van der Waals surface area contributed by atoms with Gasteiger partial charge in [-0.25, -0.2) is 0 Å². The highest BCUT2D eigenvalue weighted by molar-refractivity contribution is 4.89. The summed E-state index contributed by atoms with van der Waals surface area (Å²) in [7, 11) is 0. The summed E-state index contributed by atoms with van der Waals surface area (Å²) in [5.41, 5.74) is 0. The SMILES string of the molecule is CC(C)CC1NCCC1C1CCCOC1. The van der Waals surface area contributed by atoms with Crippen molar-refractivity contribution in [2.24, 2.45) is 17.8 Å². The van der Waals surface area contributed by atoms with E-state index in [1.165, 1.54) is 32.2 Å². The topological polar surface area (TPSA) is 21.3 Å². The number of rotatable bonds is 3. The van der Waals surface area contributed by atoms with Crippen molar-refractivity contribution in [2.75, 3.05) is 19.8 Å². The van der Waals surface area contributed by atoms with E-state index in [0.29, 0.717) is 0 Å². The van der Waals surface area contributed by atoms with Crippen LogP contribution in [0.3, 0.4) is 0 Å². The normalized spacial score (nSPS) is 37.4. The van der Waals surface area contributed by atoms with E-state index in [1.807, 2.05) is 0 Å². The van der Waals surface area contributed by atoms with E-state index >= 15 is 0 Å². The van der Waals surface area contributed by atoms with Crippen molar-refractivity contribution in [1.82, 2.24) is 5.32 Å². The molecule has 2 saturated heterocycles. The van der Waals surface area contributed by atoms with Gasteiger partial charge in [0.15, 0.2) is 0 Å². The smallest absolute Gasteiger partial charge is 0.0497 e. The van der Waals surface area contributed by atoms with Crippen molar-refractivity contribution in [1.29, 1.82) is 0 Å². The third-order valence-electron chi connectivity index (χ3n) is 3.93. The summed E-state index contributed by atoms with van der Waals surface area (Å²) < 4.78 is 5.62. The molecule has 3 unspecified atom stereocenters. The Hall–Kier alpha value is -0.0800. The van der Waals surface area contributed by atoms with Gasteiger partial charge in [0.05, 0.1) is 0 Å².